The van der Waals surface area contributed by atoms with Gasteiger partial charge in [-0.15, -0.1) is 0 Å². The number of carbonyl (C=O) groups is 2. The van der Waals surface area contributed by atoms with Gasteiger partial charge in [0.15, 0.2) is 0 Å². The normalized spacial score (nSPS) is 17.9. The van der Waals surface area contributed by atoms with E-state index in [2.05, 4.69) is 4.98 Å². The average Bonchev–Trinajstić information content (AvgIpc) is 3.05. The van der Waals surface area contributed by atoms with Crippen molar-refractivity contribution in [3.05, 3.63) is 94.6 Å². The van der Waals surface area contributed by atoms with Gasteiger partial charge in [0.2, 0.25) is 0 Å². The number of rotatable bonds is 4. The minimum absolute atomic E-state index is 0.0156. The van der Waals surface area contributed by atoms with Gasteiger partial charge in [0.1, 0.15) is 17.3 Å². The number of carbonyl (C=O) groups excluding carboxylic acids is 2. The van der Waals surface area contributed by atoms with Gasteiger partial charge in [-0.05, 0) is 54.1 Å². The third-order valence-electron chi connectivity index (χ3n) is 4.89. The minimum atomic E-state index is -0.846. The third kappa shape index (κ3) is 3.42. The van der Waals surface area contributed by atoms with Gasteiger partial charge < -0.3 is 9.84 Å². The molecular formula is C23H17ClN2O4. The van der Waals surface area contributed by atoms with Gasteiger partial charge in [-0.1, -0.05) is 29.8 Å². The van der Waals surface area contributed by atoms with Crippen LogP contribution in [-0.2, 0) is 9.59 Å². The number of ether oxygens (including phenoxy) is 1. The molecule has 2 heterocycles. The number of aromatic nitrogens is 1. The van der Waals surface area contributed by atoms with Crippen LogP contribution in [0.2, 0.25) is 5.02 Å². The smallest absolute Gasteiger partial charge is 0.301 e. The highest BCUT2D eigenvalue weighted by molar-refractivity contribution is 6.51. The standard InChI is InChI=1S/C23H17ClN2O4/c1-30-17-11-7-14(8-12-17)20-19(21(27)15-5-9-16(24)10-6-15)22(28)23(29)26(20)18-4-2-3-13-25-18/h2-13,20,27H,1H3/b21-19-. The van der Waals surface area contributed by atoms with Crippen LogP contribution in [0.5, 0.6) is 5.75 Å². The predicted molar refractivity (Wildman–Crippen MR) is 113 cm³/mol. The van der Waals surface area contributed by atoms with Crippen LogP contribution in [0.25, 0.3) is 5.76 Å². The molecule has 0 radical (unpaired) electrons. The predicted octanol–water partition coefficient (Wildman–Crippen LogP) is 4.37. The van der Waals surface area contributed by atoms with Crippen LogP contribution in [0.15, 0.2) is 78.5 Å². The Labute approximate surface area is 178 Å². The van der Waals surface area contributed by atoms with Gasteiger partial charge in [0.25, 0.3) is 5.78 Å². The molecule has 0 aliphatic carbocycles. The van der Waals surface area contributed by atoms with Crippen molar-refractivity contribution in [2.45, 2.75) is 6.04 Å². The summed E-state index contributed by atoms with van der Waals surface area (Å²) in [4.78, 5) is 31.5. The van der Waals surface area contributed by atoms with E-state index in [1.165, 1.54) is 4.90 Å². The number of Topliss-reactive ketones (excluding diaryl/α,β-unsaturated/α-hetero) is 1. The number of anilines is 1. The highest BCUT2D eigenvalue weighted by Gasteiger charge is 2.47. The first kappa shape index (κ1) is 19.7. The molecule has 1 fully saturated rings. The van der Waals surface area contributed by atoms with Crippen LogP contribution in [0.3, 0.4) is 0 Å². The van der Waals surface area contributed by atoms with E-state index in [4.69, 9.17) is 16.3 Å². The van der Waals surface area contributed by atoms with E-state index in [0.717, 1.165) is 0 Å². The summed E-state index contributed by atoms with van der Waals surface area (Å²) < 4.78 is 5.21. The average molecular weight is 421 g/mol. The molecule has 30 heavy (non-hydrogen) atoms. The third-order valence-corrected chi connectivity index (χ3v) is 5.14. The van der Waals surface area contributed by atoms with E-state index in [9.17, 15) is 14.7 Å². The molecular weight excluding hydrogens is 404 g/mol. The molecule has 1 atom stereocenters. The van der Waals surface area contributed by atoms with E-state index in [0.29, 0.717) is 27.7 Å². The van der Waals surface area contributed by atoms with Gasteiger partial charge in [0.05, 0.1) is 18.7 Å². The van der Waals surface area contributed by atoms with Gasteiger partial charge >= 0.3 is 5.91 Å². The number of halogens is 1. The number of pyridine rings is 1. The molecule has 1 aliphatic rings. The molecule has 2 aromatic carbocycles. The molecule has 1 amide bonds. The van der Waals surface area contributed by atoms with Crippen molar-refractivity contribution < 1.29 is 19.4 Å². The fourth-order valence-electron chi connectivity index (χ4n) is 3.43. The van der Waals surface area contributed by atoms with E-state index in [1.54, 1.807) is 80.0 Å². The lowest BCUT2D eigenvalue weighted by molar-refractivity contribution is -0.132. The maximum atomic E-state index is 13.0. The first-order valence-corrected chi connectivity index (χ1v) is 9.51. The molecule has 0 spiro atoms. The number of nitrogens with zero attached hydrogens (tertiary/aromatic N) is 2. The number of aliphatic hydroxyl groups excluding tert-OH is 1. The summed E-state index contributed by atoms with van der Waals surface area (Å²) in [5.74, 6) is -0.870. The Kier molecular flexibility index (Phi) is 5.25. The van der Waals surface area contributed by atoms with E-state index >= 15 is 0 Å². The Morgan fingerprint density at radius 1 is 1.03 bits per heavy atom. The second-order valence-electron chi connectivity index (χ2n) is 6.64. The monoisotopic (exact) mass is 420 g/mol. The SMILES string of the molecule is COc1ccc(C2/C(=C(/O)c3ccc(Cl)cc3)C(=O)C(=O)N2c2ccccn2)cc1. The zero-order chi connectivity index (χ0) is 21.3. The summed E-state index contributed by atoms with van der Waals surface area (Å²) in [6.45, 7) is 0. The van der Waals surface area contributed by atoms with Crippen LogP contribution in [0.4, 0.5) is 5.82 Å². The summed E-state index contributed by atoms with van der Waals surface area (Å²) in [6, 6.07) is 17.6. The van der Waals surface area contributed by atoms with Crippen molar-refractivity contribution in [3.63, 3.8) is 0 Å². The van der Waals surface area contributed by atoms with Gasteiger partial charge in [-0.25, -0.2) is 4.98 Å². The van der Waals surface area contributed by atoms with Crippen LogP contribution < -0.4 is 9.64 Å². The summed E-state index contributed by atoms with van der Waals surface area (Å²) in [7, 11) is 1.55. The molecule has 1 aromatic heterocycles. The number of hydrogen-bond acceptors (Lipinski definition) is 5. The van der Waals surface area contributed by atoms with Gasteiger partial charge in [0, 0.05) is 16.8 Å². The Hall–Kier alpha value is -3.64. The lowest BCUT2D eigenvalue weighted by Gasteiger charge is -2.24. The summed E-state index contributed by atoms with van der Waals surface area (Å²) in [5, 5.41) is 11.5. The maximum Gasteiger partial charge on any atom is 0.301 e. The fraction of sp³-hybridized carbons (Fsp3) is 0.0870. The molecule has 4 rings (SSSR count). The molecule has 7 heteroatoms. The van der Waals surface area contributed by atoms with E-state index in [1.807, 2.05) is 0 Å². The number of benzene rings is 2. The van der Waals surface area contributed by atoms with E-state index < -0.39 is 17.7 Å². The molecule has 1 unspecified atom stereocenters. The molecule has 150 valence electrons. The summed E-state index contributed by atoms with van der Waals surface area (Å²) in [5.41, 5.74) is 1.01. The number of aliphatic hydroxyl groups is 1. The molecule has 6 nitrogen and oxygen atoms in total. The summed E-state index contributed by atoms with van der Waals surface area (Å²) >= 11 is 5.94. The van der Waals surface area contributed by atoms with Crippen molar-refractivity contribution in [2.24, 2.45) is 0 Å². The quantitative estimate of drug-likeness (QED) is 0.385. The van der Waals surface area contributed by atoms with E-state index in [-0.39, 0.29) is 11.3 Å². The Morgan fingerprint density at radius 2 is 1.73 bits per heavy atom. The van der Waals surface area contributed by atoms with Crippen LogP contribution in [0.1, 0.15) is 17.2 Å². The number of amides is 1. The largest absolute Gasteiger partial charge is 0.507 e. The van der Waals surface area contributed by atoms with Crippen molar-refractivity contribution in [2.75, 3.05) is 12.0 Å². The molecule has 1 aliphatic heterocycles. The maximum absolute atomic E-state index is 13.0. The number of ketones is 1. The molecule has 0 bridgehead atoms. The second-order valence-corrected chi connectivity index (χ2v) is 7.07. The van der Waals surface area contributed by atoms with Crippen molar-refractivity contribution >= 4 is 34.9 Å². The number of methoxy groups -OCH3 is 1. The minimum Gasteiger partial charge on any atom is -0.507 e. The zero-order valence-electron chi connectivity index (χ0n) is 15.9. The lowest BCUT2D eigenvalue weighted by atomic mass is 9.95. The highest BCUT2D eigenvalue weighted by atomic mass is 35.5. The molecule has 1 saturated heterocycles. The van der Waals surface area contributed by atoms with Crippen molar-refractivity contribution in [1.82, 2.24) is 4.98 Å². The zero-order valence-corrected chi connectivity index (χ0v) is 16.7. The first-order chi connectivity index (χ1) is 14.5. The first-order valence-electron chi connectivity index (χ1n) is 9.13. The van der Waals surface area contributed by atoms with Gasteiger partial charge in [-0.3, -0.25) is 14.5 Å². The van der Waals surface area contributed by atoms with Crippen molar-refractivity contribution in [1.29, 1.82) is 0 Å². The van der Waals surface area contributed by atoms with Crippen LogP contribution in [0, 0.1) is 0 Å². The topological polar surface area (TPSA) is 79.7 Å². The molecule has 0 saturated carbocycles. The lowest BCUT2D eigenvalue weighted by Crippen LogP contribution is -2.30. The van der Waals surface area contributed by atoms with Crippen LogP contribution in [-0.4, -0.2) is 28.9 Å². The fourth-order valence-corrected chi connectivity index (χ4v) is 3.56. The van der Waals surface area contributed by atoms with Gasteiger partial charge in [-0.2, -0.15) is 0 Å². The Morgan fingerprint density at radius 3 is 2.33 bits per heavy atom. The van der Waals surface area contributed by atoms with Crippen LogP contribution >= 0.6 is 11.6 Å². The van der Waals surface area contributed by atoms with Crippen molar-refractivity contribution in [3.8, 4) is 5.75 Å². The summed E-state index contributed by atoms with van der Waals surface area (Å²) in [6.07, 6.45) is 1.54. The number of hydrogen-bond donors (Lipinski definition) is 1. The second kappa shape index (κ2) is 8.00. The molecule has 3 aromatic rings. The Balaban J connectivity index is 1.92. The highest BCUT2D eigenvalue weighted by Crippen LogP contribution is 2.41. The molecule has 1 N–H and O–H groups in total. The Bertz CT molecular complexity index is 1130.